The summed E-state index contributed by atoms with van der Waals surface area (Å²) in [4.78, 5) is 0.639. The summed E-state index contributed by atoms with van der Waals surface area (Å²) in [5.74, 6) is 3.01. The molecular formula is C33H56O3SSi. The fraction of sp³-hybridized carbons (Fsp3) is 0.818. The average Bonchev–Trinajstić information content (AvgIpc) is 3.26. The first-order valence-corrected chi connectivity index (χ1v) is 20.1. The maximum absolute atomic E-state index is 13.5. The Morgan fingerprint density at radius 3 is 2.53 bits per heavy atom. The lowest BCUT2D eigenvalue weighted by Crippen LogP contribution is -2.44. The van der Waals surface area contributed by atoms with Crippen LogP contribution in [0.2, 0.25) is 18.1 Å². The summed E-state index contributed by atoms with van der Waals surface area (Å²) >= 11 is 0. The summed E-state index contributed by atoms with van der Waals surface area (Å²) in [5, 5.41) is 0.148. The molecule has 0 aromatic rings. The van der Waals surface area contributed by atoms with Crippen molar-refractivity contribution in [3.05, 3.63) is 33.8 Å². The molecule has 5 atom stereocenters. The van der Waals surface area contributed by atoms with Crippen molar-refractivity contribution in [2.75, 3.05) is 5.75 Å². The molecular weight excluding hydrogens is 505 g/mol. The van der Waals surface area contributed by atoms with Gasteiger partial charge in [0.05, 0.1) is 16.8 Å². The van der Waals surface area contributed by atoms with E-state index in [9.17, 15) is 8.42 Å². The van der Waals surface area contributed by atoms with Gasteiger partial charge in [0.15, 0.2) is 18.2 Å². The molecule has 3 aliphatic carbocycles. The van der Waals surface area contributed by atoms with Crippen molar-refractivity contribution >= 4 is 18.2 Å². The number of sulfone groups is 1. The van der Waals surface area contributed by atoms with Crippen LogP contribution < -0.4 is 0 Å². The number of hydrogen-bond acceptors (Lipinski definition) is 3. The molecule has 0 aromatic carbocycles. The highest BCUT2D eigenvalue weighted by molar-refractivity contribution is 7.96. The highest BCUT2D eigenvalue weighted by Crippen LogP contribution is 2.60. The predicted octanol–water partition coefficient (Wildman–Crippen LogP) is 9.38. The van der Waals surface area contributed by atoms with E-state index in [2.05, 4.69) is 73.7 Å². The Balaban J connectivity index is 1.59. The van der Waals surface area contributed by atoms with Gasteiger partial charge in [-0.2, -0.15) is 0 Å². The molecule has 0 amide bonds. The van der Waals surface area contributed by atoms with Crippen LogP contribution in [0.3, 0.4) is 0 Å². The fourth-order valence-corrected chi connectivity index (χ4v) is 11.1. The van der Waals surface area contributed by atoms with Gasteiger partial charge in [-0.05, 0) is 109 Å². The Hall–Kier alpha value is -0.653. The second kappa shape index (κ2) is 11.0. The van der Waals surface area contributed by atoms with Gasteiger partial charge in [0, 0.05) is 0 Å². The highest BCUT2D eigenvalue weighted by Gasteiger charge is 2.51. The summed E-state index contributed by atoms with van der Waals surface area (Å²) in [6, 6.07) is 0. The highest BCUT2D eigenvalue weighted by atomic mass is 32.2. The van der Waals surface area contributed by atoms with E-state index in [-0.39, 0.29) is 16.9 Å². The molecule has 0 unspecified atom stereocenters. The summed E-state index contributed by atoms with van der Waals surface area (Å²) < 4.78 is 33.8. The minimum atomic E-state index is -3.27. The van der Waals surface area contributed by atoms with Crippen LogP contribution in [0.5, 0.6) is 0 Å². The van der Waals surface area contributed by atoms with Crippen LogP contribution in [0.4, 0.5) is 0 Å². The van der Waals surface area contributed by atoms with Crippen LogP contribution in [0.25, 0.3) is 0 Å². The average molecular weight is 561 g/mol. The maximum atomic E-state index is 13.5. The van der Waals surface area contributed by atoms with Crippen molar-refractivity contribution in [2.24, 2.45) is 29.1 Å². The molecule has 2 fully saturated rings. The van der Waals surface area contributed by atoms with Crippen molar-refractivity contribution in [1.82, 2.24) is 0 Å². The second-order valence-electron chi connectivity index (χ2n) is 15.4. The summed E-state index contributed by atoms with van der Waals surface area (Å²) in [7, 11) is -5.19. The second-order valence-corrected chi connectivity index (χ2v) is 22.1. The van der Waals surface area contributed by atoms with E-state index < -0.39 is 18.2 Å². The van der Waals surface area contributed by atoms with Gasteiger partial charge in [-0.25, -0.2) is 8.42 Å². The van der Waals surface area contributed by atoms with Crippen LogP contribution in [0, 0.1) is 29.1 Å². The van der Waals surface area contributed by atoms with Crippen molar-refractivity contribution in [1.29, 1.82) is 0 Å². The lowest BCUT2D eigenvalue weighted by Gasteiger charge is -2.44. The monoisotopic (exact) mass is 560 g/mol. The zero-order chi connectivity index (χ0) is 28.1. The molecule has 4 rings (SSSR count). The molecule has 4 aliphatic rings. The molecule has 1 aliphatic heterocycles. The molecule has 2 saturated carbocycles. The molecule has 3 nitrogen and oxygen atoms in total. The van der Waals surface area contributed by atoms with E-state index in [1.54, 1.807) is 0 Å². The van der Waals surface area contributed by atoms with Crippen molar-refractivity contribution in [3.63, 3.8) is 0 Å². The lowest BCUT2D eigenvalue weighted by molar-refractivity contribution is 0.0928. The van der Waals surface area contributed by atoms with Crippen LogP contribution in [0.1, 0.15) is 113 Å². The Labute approximate surface area is 236 Å². The van der Waals surface area contributed by atoms with Crippen LogP contribution in [-0.4, -0.2) is 28.6 Å². The largest absolute Gasteiger partial charge is 0.413 e. The zero-order valence-corrected chi connectivity index (χ0v) is 27.8. The van der Waals surface area contributed by atoms with E-state index in [4.69, 9.17) is 4.43 Å². The molecule has 0 aromatic heterocycles. The van der Waals surface area contributed by atoms with E-state index in [1.807, 2.05) is 0 Å². The Morgan fingerprint density at radius 1 is 1.16 bits per heavy atom. The zero-order valence-electron chi connectivity index (χ0n) is 26.0. The van der Waals surface area contributed by atoms with Crippen LogP contribution >= 0.6 is 0 Å². The molecule has 0 radical (unpaired) electrons. The summed E-state index contributed by atoms with van der Waals surface area (Å²) in [6.07, 6.45) is 16.1. The number of fused-ring (bicyclic) bond motifs is 2. The SMILES string of the molecule is CC(C)CCC[C@@H](C)[C@H]1CC[C@H]2/C(=C/C3=C4C[C@@H](O[Si](C)(C)C(C)(C)C)CC=C4CS3(=O)=O)CCC[C@]12C. The van der Waals surface area contributed by atoms with Crippen molar-refractivity contribution < 1.29 is 12.8 Å². The quantitative estimate of drug-likeness (QED) is 0.278. The van der Waals surface area contributed by atoms with Crippen molar-refractivity contribution in [3.8, 4) is 0 Å². The Kier molecular flexibility index (Phi) is 8.75. The van der Waals surface area contributed by atoms with Gasteiger partial charge in [-0.15, -0.1) is 0 Å². The van der Waals surface area contributed by atoms with E-state index >= 15 is 0 Å². The van der Waals surface area contributed by atoms with Crippen LogP contribution in [-0.2, 0) is 14.3 Å². The third kappa shape index (κ3) is 6.00. The molecule has 0 spiro atoms. The topological polar surface area (TPSA) is 43.4 Å². The molecule has 0 saturated heterocycles. The van der Waals surface area contributed by atoms with Gasteiger partial charge in [-0.1, -0.05) is 79.4 Å². The minimum absolute atomic E-state index is 0.0931. The smallest absolute Gasteiger partial charge is 0.192 e. The van der Waals surface area contributed by atoms with Gasteiger partial charge >= 0.3 is 0 Å². The third-order valence-corrected chi connectivity index (χ3v) is 17.4. The fourth-order valence-electron chi connectivity index (χ4n) is 7.98. The molecule has 38 heavy (non-hydrogen) atoms. The Bertz CT molecular complexity index is 1090. The van der Waals surface area contributed by atoms with Gasteiger partial charge in [0.25, 0.3) is 0 Å². The lowest BCUT2D eigenvalue weighted by atomic mass is 9.60. The predicted molar refractivity (Wildman–Crippen MR) is 164 cm³/mol. The van der Waals surface area contributed by atoms with Gasteiger partial charge in [-0.3, -0.25) is 0 Å². The Morgan fingerprint density at radius 2 is 1.87 bits per heavy atom. The van der Waals surface area contributed by atoms with Gasteiger partial charge < -0.3 is 4.43 Å². The van der Waals surface area contributed by atoms with Crippen LogP contribution in [0.15, 0.2) is 33.8 Å². The summed E-state index contributed by atoms with van der Waals surface area (Å²) in [6.45, 7) is 21.1. The van der Waals surface area contributed by atoms with E-state index in [0.717, 1.165) is 48.2 Å². The molecule has 0 bridgehead atoms. The van der Waals surface area contributed by atoms with Gasteiger partial charge in [0.2, 0.25) is 0 Å². The molecule has 0 N–H and O–H groups in total. The summed E-state index contributed by atoms with van der Waals surface area (Å²) in [5.41, 5.74) is 3.86. The number of rotatable bonds is 8. The minimum Gasteiger partial charge on any atom is -0.413 e. The normalized spacial score (nSPS) is 33.5. The van der Waals surface area contributed by atoms with Crippen molar-refractivity contribution in [2.45, 2.75) is 137 Å². The standard InChI is InChI=1S/C33H56O3SSi/c1-23(2)12-10-13-24(3)29-17-18-30-25(14-11-19-33(29,30)7)20-31-28-21-27(36-38(8,9)32(4,5)6)16-15-26(28)22-37(31,34)35/h15,20,23-24,27,29-30H,10-14,16-19,21-22H2,1-9H3/b25-20+/t24-,27+,29-,30+,33-/m1/s1. The number of allylic oxidation sites excluding steroid dienone is 2. The molecule has 5 heteroatoms. The molecule has 216 valence electrons. The maximum Gasteiger partial charge on any atom is 0.192 e. The van der Waals surface area contributed by atoms with E-state index in [0.29, 0.717) is 16.2 Å². The van der Waals surface area contributed by atoms with E-state index in [1.165, 1.54) is 50.5 Å². The molecule has 1 heterocycles. The first-order valence-electron chi connectivity index (χ1n) is 15.6. The van der Waals surface area contributed by atoms with Gasteiger partial charge in [0.1, 0.15) is 0 Å². The first-order chi connectivity index (χ1) is 17.5. The first kappa shape index (κ1) is 30.3. The third-order valence-electron chi connectivity index (χ3n) is 11.2. The number of hydrogen-bond donors (Lipinski definition) is 0.